The van der Waals surface area contributed by atoms with Crippen molar-refractivity contribution in [2.24, 2.45) is 0 Å². The van der Waals surface area contributed by atoms with Gasteiger partial charge in [0, 0.05) is 16.1 Å². The van der Waals surface area contributed by atoms with Crippen LogP contribution in [0.15, 0.2) is 82.5 Å². The zero-order chi connectivity index (χ0) is 22.9. The molecule has 4 aromatic rings. The van der Waals surface area contributed by atoms with E-state index in [0.717, 1.165) is 10.9 Å². The Morgan fingerprint density at radius 1 is 0.969 bits per heavy atom. The number of ether oxygens (including phenoxy) is 1. The standard InChI is InChI=1S/C24H21ClN2O4S/c1-16-3-12-23-17(13-16)14-18(24(28)26-23)15-27(20-6-4-19(25)5-7-20)32(29,30)22-10-8-21(31-2)9-11-22/h3-14H,15H2,1-2H3,(H,26,28). The van der Waals surface area contributed by atoms with E-state index in [1.165, 1.54) is 23.5 Å². The maximum Gasteiger partial charge on any atom is 0.264 e. The Morgan fingerprint density at radius 3 is 2.31 bits per heavy atom. The number of H-pyrrole nitrogens is 1. The number of aromatic nitrogens is 1. The highest BCUT2D eigenvalue weighted by atomic mass is 35.5. The highest BCUT2D eigenvalue weighted by Crippen LogP contribution is 2.28. The van der Waals surface area contributed by atoms with Crippen LogP contribution in [0.5, 0.6) is 5.75 Å². The summed E-state index contributed by atoms with van der Waals surface area (Å²) in [5.74, 6) is 0.545. The number of nitrogens with one attached hydrogen (secondary N) is 1. The average molecular weight is 469 g/mol. The Morgan fingerprint density at radius 2 is 1.66 bits per heavy atom. The van der Waals surface area contributed by atoms with Crippen LogP contribution in [-0.4, -0.2) is 20.5 Å². The molecule has 0 saturated carbocycles. The predicted octanol–water partition coefficient (Wildman–Crippen LogP) is 4.89. The van der Waals surface area contributed by atoms with Gasteiger partial charge in [-0.25, -0.2) is 8.42 Å². The Bertz CT molecular complexity index is 1430. The molecule has 0 radical (unpaired) electrons. The number of aromatic amines is 1. The van der Waals surface area contributed by atoms with Gasteiger partial charge in [-0.15, -0.1) is 0 Å². The molecule has 1 heterocycles. The van der Waals surface area contributed by atoms with Gasteiger partial charge in [-0.2, -0.15) is 0 Å². The summed E-state index contributed by atoms with van der Waals surface area (Å²) in [5, 5.41) is 1.31. The largest absolute Gasteiger partial charge is 0.497 e. The SMILES string of the molecule is COc1ccc(S(=O)(=O)N(Cc2cc3cc(C)ccc3[nH]c2=O)c2ccc(Cl)cc2)cc1. The van der Waals surface area contributed by atoms with Crippen LogP contribution < -0.4 is 14.6 Å². The van der Waals surface area contributed by atoms with Crippen LogP contribution in [0.3, 0.4) is 0 Å². The summed E-state index contributed by atoms with van der Waals surface area (Å²) in [6.45, 7) is 1.81. The summed E-state index contributed by atoms with van der Waals surface area (Å²) in [5.41, 5.74) is 2.12. The first-order chi connectivity index (χ1) is 15.3. The van der Waals surface area contributed by atoms with Gasteiger partial charge in [0.2, 0.25) is 0 Å². The molecule has 4 rings (SSSR count). The van der Waals surface area contributed by atoms with Gasteiger partial charge in [0.15, 0.2) is 0 Å². The predicted molar refractivity (Wildman–Crippen MR) is 127 cm³/mol. The molecule has 0 aliphatic heterocycles. The van der Waals surface area contributed by atoms with Crippen molar-refractivity contribution in [2.45, 2.75) is 18.4 Å². The number of halogens is 1. The number of pyridine rings is 1. The van der Waals surface area contributed by atoms with Gasteiger partial charge in [-0.05, 0) is 79.0 Å². The van der Waals surface area contributed by atoms with Gasteiger partial charge in [0.05, 0.1) is 24.2 Å². The van der Waals surface area contributed by atoms with E-state index in [9.17, 15) is 13.2 Å². The van der Waals surface area contributed by atoms with E-state index in [4.69, 9.17) is 16.3 Å². The minimum absolute atomic E-state index is 0.0845. The Balaban J connectivity index is 1.83. The first kappa shape index (κ1) is 21.9. The lowest BCUT2D eigenvalue weighted by Gasteiger charge is -2.24. The van der Waals surface area contributed by atoms with E-state index in [2.05, 4.69) is 4.98 Å². The fourth-order valence-corrected chi connectivity index (χ4v) is 5.01. The number of nitrogens with zero attached hydrogens (tertiary/aromatic N) is 1. The lowest BCUT2D eigenvalue weighted by Crippen LogP contribution is -2.33. The average Bonchev–Trinajstić information content (AvgIpc) is 2.78. The third kappa shape index (κ3) is 4.35. The molecule has 0 saturated heterocycles. The second kappa shape index (κ2) is 8.68. The zero-order valence-corrected chi connectivity index (χ0v) is 19.1. The quantitative estimate of drug-likeness (QED) is 0.436. The monoisotopic (exact) mass is 468 g/mol. The lowest BCUT2D eigenvalue weighted by molar-refractivity contribution is 0.414. The molecule has 0 unspecified atom stereocenters. The molecule has 164 valence electrons. The Hall–Kier alpha value is -3.29. The fourth-order valence-electron chi connectivity index (χ4n) is 3.44. The van der Waals surface area contributed by atoms with Gasteiger partial charge >= 0.3 is 0 Å². The third-order valence-electron chi connectivity index (χ3n) is 5.15. The molecule has 8 heteroatoms. The van der Waals surface area contributed by atoms with Gasteiger partial charge in [0.25, 0.3) is 15.6 Å². The smallest absolute Gasteiger partial charge is 0.264 e. The number of methoxy groups -OCH3 is 1. The van der Waals surface area contributed by atoms with Crippen molar-refractivity contribution in [3.63, 3.8) is 0 Å². The molecule has 0 aliphatic carbocycles. The zero-order valence-electron chi connectivity index (χ0n) is 17.5. The van der Waals surface area contributed by atoms with E-state index in [1.807, 2.05) is 25.1 Å². The van der Waals surface area contributed by atoms with Crippen LogP contribution in [0.1, 0.15) is 11.1 Å². The maximum absolute atomic E-state index is 13.6. The van der Waals surface area contributed by atoms with Crippen LogP contribution in [0.4, 0.5) is 5.69 Å². The van der Waals surface area contributed by atoms with E-state index < -0.39 is 10.0 Å². The summed E-state index contributed by atoms with van der Waals surface area (Å²) in [4.78, 5) is 15.7. The molecule has 0 fully saturated rings. The van der Waals surface area contributed by atoms with Crippen molar-refractivity contribution in [1.82, 2.24) is 4.98 Å². The number of aryl methyl sites for hydroxylation is 1. The van der Waals surface area contributed by atoms with Crippen molar-refractivity contribution < 1.29 is 13.2 Å². The molecular weight excluding hydrogens is 448 g/mol. The molecule has 6 nitrogen and oxygen atoms in total. The maximum atomic E-state index is 13.6. The van der Waals surface area contributed by atoms with Crippen molar-refractivity contribution >= 4 is 38.2 Å². The van der Waals surface area contributed by atoms with Crippen LogP contribution >= 0.6 is 11.6 Å². The van der Waals surface area contributed by atoms with Crippen molar-refractivity contribution in [3.05, 3.63) is 99.3 Å². The molecule has 0 spiro atoms. The van der Waals surface area contributed by atoms with E-state index in [0.29, 0.717) is 27.5 Å². The van der Waals surface area contributed by atoms with Gasteiger partial charge in [-0.1, -0.05) is 23.2 Å². The van der Waals surface area contributed by atoms with E-state index in [1.54, 1.807) is 42.5 Å². The summed E-state index contributed by atoms with van der Waals surface area (Å²) >= 11 is 6.01. The number of anilines is 1. The minimum atomic E-state index is -3.99. The molecule has 0 bridgehead atoms. The van der Waals surface area contributed by atoms with Gasteiger partial charge in [-0.3, -0.25) is 9.10 Å². The number of hydrogen-bond acceptors (Lipinski definition) is 4. The highest BCUT2D eigenvalue weighted by Gasteiger charge is 2.26. The number of rotatable bonds is 6. The van der Waals surface area contributed by atoms with Crippen LogP contribution in [0, 0.1) is 6.92 Å². The van der Waals surface area contributed by atoms with Crippen molar-refractivity contribution in [3.8, 4) is 5.75 Å². The minimum Gasteiger partial charge on any atom is -0.497 e. The van der Waals surface area contributed by atoms with Crippen LogP contribution in [-0.2, 0) is 16.6 Å². The highest BCUT2D eigenvalue weighted by molar-refractivity contribution is 7.92. The molecule has 0 atom stereocenters. The van der Waals surface area contributed by atoms with Crippen LogP contribution in [0.2, 0.25) is 5.02 Å². The first-order valence-electron chi connectivity index (χ1n) is 9.83. The van der Waals surface area contributed by atoms with E-state index in [-0.39, 0.29) is 17.0 Å². The topological polar surface area (TPSA) is 79.5 Å². The molecule has 1 aromatic heterocycles. The molecular formula is C24H21ClN2O4S. The van der Waals surface area contributed by atoms with Gasteiger partial charge in [0.1, 0.15) is 5.75 Å². The summed E-state index contributed by atoms with van der Waals surface area (Å²) in [6.07, 6.45) is 0. The summed E-state index contributed by atoms with van der Waals surface area (Å²) < 4.78 is 33.5. The van der Waals surface area contributed by atoms with Crippen molar-refractivity contribution in [1.29, 1.82) is 0 Å². The van der Waals surface area contributed by atoms with Crippen LogP contribution in [0.25, 0.3) is 10.9 Å². The molecule has 0 amide bonds. The van der Waals surface area contributed by atoms with E-state index >= 15 is 0 Å². The Labute approximate surface area is 191 Å². The Kier molecular flexibility index (Phi) is 5.95. The fraction of sp³-hybridized carbons (Fsp3) is 0.125. The third-order valence-corrected chi connectivity index (χ3v) is 7.19. The number of sulfonamides is 1. The molecule has 3 aromatic carbocycles. The number of fused-ring (bicyclic) bond motifs is 1. The second-order valence-electron chi connectivity index (χ2n) is 7.38. The molecule has 32 heavy (non-hydrogen) atoms. The first-order valence-corrected chi connectivity index (χ1v) is 11.6. The number of benzene rings is 3. The van der Waals surface area contributed by atoms with Gasteiger partial charge < -0.3 is 9.72 Å². The normalized spacial score (nSPS) is 11.5. The lowest BCUT2D eigenvalue weighted by atomic mass is 10.1. The molecule has 1 N–H and O–H groups in total. The summed E-state index contributed by atoms with van der Waals surface area (Å²) in [6, 6.07) is 20.0. The molecule has 0 aliphatic rings. The van der Waals surface area contributed by atoms with Crippen molar-refractivity contribution in [2.75, 3.05) is 11.4 Å². The summed E-state index contributed by atoms with van der Waals surface area (Å²) in [7, 11) is -2.48. The number of hydrogen-bond donors (Lipinski definition) is 1. The second-order valence-corrected chi connectivity index (χ2v) is 9.68.